The molecule has 1 atom stereocenters. The number of hydrogen-bond acceptors (Lipinski definition) is 5. The largest absolute Gasteiger partial charge is 0.465 e. The highest BCUT2D eigenvalue weighted by Gasteiger charge is 2.12. The molecule has 2 rings (SSSR count). The molecule has 102 valence electrons. The molecule has 1 aromatic rings. The number of rotatable bonds is 4. The molecule has 1 aliphatic rings. The predicted molar refractivity (Wildman–Crippen MR) is 68.6 cm³/mol. The summed E-state index contributed by atoms with van der Waals surface area (Å²) >= 11 is 0. The minimum absolute atomic E-state index is 0.0802. The minimum atomic E-state index is -3.49. The van der Waals surface area contributed by atoms with Crippen LogP contribution in [-0.2, 0) is 19.5 Å². The van der Waals surface area contributed by atoms with E-state index in [1.807, 2.05) is 0 Å². The van der Waals surface area contributed by atoms with Crippen molar-refractivity contribution < 1.29 is 18.3 Å². The summed E-state index contributed by atoms with van der Waals surface area (Å²) in [6.07, 6.45) is 0. The molecule has 1 heterocycles. The van der Waals surface area contributed by atoms with E-state index in [2.05, 4.69) is 15.0 Å². The molecule has 0 bridgehead atoms. The molecule has 0 spiro atoms. The first-order valence-corrected chi connectivity index (χ1v) is 7.07. The van der Waals surface area contributed by atoms with Gasteiger partial charge in [0, 0.05) is 5.22 Å². The molecule has 8 heteroatoms. The number of ether oxygens (including phenoxy) is 1. The zero-order valence-electron chi connectivity index (χ0n) is 10.2. The Bertz CT molecular complexity index is 735. The van der Waals surface area contributed by atoms with E-state index in [9.17, 15) is 13.6 Å². The van der Waals surface area contributed by atoms with Crippen LogP contribution in [0.15, 0.2) is 33.9 Å². The molecule has 0 saturated heterocycles. The lowest BCUT2D eigenvalue weighted by Gasteiger charge is -2.09. The molecule has 0 fully saturated rings. The Kier molecular flexibility index (Phi) is 3.82. The molecule has 0 aromatic heterocycles. The van der Waals surface area contributed by atoms with Crippen LogP contribution in [0.4, 0.5) is 0 Å². The summed E-state index contributed by atoms with van der Waals surface area (Å²) in [5.41, 5.74) is 0. The number of benzene rings is 1. The van der Waals surface area contributed by atoms with Crippen molar-refractivity contribution in [2.75, 3.05) is 13.2 Å². The number of nitrogens with zero attached hydrogens (tertiary/aromatic N) is 2. The van der Waals surface area contributed by atoms with Crippen molar-refractivity contribution >= 4 is 21.8 Å². The Morgan fingerprint density at radius 2 is 2.21 bits per heavy atom. The Hall–Kier alpha value is -1.93. The van der Waals surface area contributed by atoms with Gasteiger partial charge in [-0.05, 0) is 19.1 Å². The lowest BCUT2D eigenvalue weighted by molar-refractivity contribution is -0.141. The Morgan fingerprint density at radius 3 is 2.95 bits per heavy atom. The first-order chi connectivity index (χ1) is 9.04. The van der Waals surface area contributed by atoms with Crippen molar-refractivity contribution in [1.29, 1.82) is 0 Å². The molecular formula is C11H13N3O4S. The zero-order chi connectivity index (χ0) is 13.9. The maximum atomic E-state index is 11.8. The summed E-state index contributed by atoms with van der Waals surface area (Å²) < 4.78 is 29.7. The maximum absolute atomic E-state index is 11.8. The van der Waals surface area contributed by atoms with Crippen LogP contribution in [-0.4, -0.2) is 27.9 Å². The van der Waals surface area contributed by atoms with Gasteiger partial charge in [0.15, 0.2) is 5.82 Å². The molecule has 0 saturated carbocycles. The van der Waals surface area contributed by atoms with Gasteiger partial charge in [-0.2, -0.15) is 0 Å². The third kappa shape index (κ3) is 2.91. The zero-order valence-corrected chi connectivity index (χ0v) is 11.0. The van der Waals surface area contributed by atoms with Gasteiger partial charge in [0.25, 0.3) is 0 Å². The van der Waals surface area contributed by atoms with Gasteiger partial charge in [-0.15, -0.1) is 5.11 Å². The third-order valence-corrected chi connectivity index (χ3v) is 3.62. The smallest absolute Gasteiger partial charge is 0.325 e. The lowest BCUT2D eigenvalue weighted by atomic mass is 10.3. The topological polar surface area (TPSA) is 100 Å². The van der Waals surface area contributed by atoms with Crippen LogP contribution < -0.4 is 10.5 Å². The van der Waals surface area contributed by atoms with E-state index in [1.54, 1.807) is 25.1 Å². The predicted octanol–water partition coefficient (Wildman–Crippen LogP) is 0.294. The van der Waals surface area contributed by atoms with Crippen LogP contribution in [0.25, 0.3) is 5.82 Å². The highest BCUT2D eigenvalue weighted by molar-refractivity contribution is 7.88. The first kappa shape index (κ1) is 13.5. The summed E-state index contributed by atoms with van der Waals surface area (Å²) in [5.74, 6) is -0.158. The highest BCUT2D eigenvalue weighted by Crippen LogP contribution is 2.06. The van der Waals surface area contributed by atoms with Crippen molar-refractivity contribution in [1.82, 2.24) is 5.32 Å². The van der Waals surface area contributed by atoms with Crippen molar-refractivity contribution in [3.05, 3.63) is 34.0 Å². The van der Waals surface area contributed by atoms with Crippen molar-refractivity contribution in [3.63, 3.8) is 0 Å². The molecular weight excluding hydrogens is 270 g/mol. The fourth-order valence-corrected chi connectivity index (χ4v) is 2.57. The van der Waals surface area contributed by atoms with E-state index < -0.39 is 16.0 Å². The summed E-state index contributed by atoms with van der Waals surface area (Å²) in [6.45, 7) is 1.92. The van der Waals surface area contributed by atoms with Crippen molar-refractivity contribution in [2.45, 2.75) is 6.92 Å². The molecule has 1 aromatic carbocycles. The second kappa shape index (κ2) is 5.37. The van der Waals surface area contributed by atoms with Crippen LogP contribution >= 0.6 is 0 Å². The molecule has 0 aliphatic carbocycles. The van der Waals surface area contributed by atoms with Gasteiger partial charge >= 0.3 is 5.97 Å². The third-order valence-electron chi connectivity index (χ3n) is 2.39. The molecule has 2 N–H and O–H groups in total. The van der Waals surface area contributed by atoms with Gasteiger partial charge in [-0.3, -0.25) is 9.35 Å². The summed E-state index contributed by atoms with van der Waals surface area (Å²) in [5, 5.41) is 6.85. The molecule has 0 radical (unpaired) electrons. The fourth-order valence-electron chi connectivity index (χ4n) is 1.59. The molecule has 1 aliphatic heterocycles. The monoisotopic (exact) mass is 283 g/mol. The van der Waals surface area contributed by atoms with Gasteiger partial charge in [0.1, 0.15) is 6.54 Å². The Morgan fingerprint density at radius 1 is 1.47 bits per heavy atom. The van der Waals surface area contributed by atoms with Crippen molar-refractivity contribution in [3.8, 4) is 0 Å². The van der Waals surface area contributed by atoms with E-state index in [-0.39, 0.29) is 16.9 Å². The fraction of sp³-hybridized carbons (Fsp3) is 0.273. The molecule has 19 heavy (non-hydrogen) atoms. The highest BCUT2D eigenvalue weighted by atomic mass is 32.2. The minimum Gasteiger partial charge on any atom is -0.465 e. The SMILES string of the molecule is CCOC(=O)CNC1=c2ccccc2=S(=O)(O)N=N1. The number of fused-ring (bicyclic) bond motifs is 1. The normalized spacial score (nSPS) is 20.8. The number of carbonyl (C=O) groups excluding carboxylic acids is 1. The number of nitrogens with one attached hydrogen (secondary N) is 1. The molecule has 0 amide bonds. The Labute approximate surface area is 110 Å². The number of hydrogen-bond donors (Lipinski definition) is 2. The van der Waals surface area contributed by atoms with Crippen LogP contribution in [0.3, 0.4) is 0 Å². The number of carbonyl (C=O) groups is 1. The molecule has 7 nitrogen and oxygen atoms in total. The van der Waals surface area contributed by atoms with Crippen molar-refractivity contribution in [2.24, 2.45) is 9.63 Å². The Balaban J connectivity index is 2.41. The van der Waals surface area contributed by atoms with E-state index >= 15 is 0 Å². The average molecular weight is 283 g/mol. The lowest BCUT2D eigenvalue weighted by Crippen LogP contribution is -2.29. The second-order valence-electron chi connectivity index (χ2n) is 3.68. The first-order valence-electron chi connectivity index (χ1n) is 5.60. The van der Waals surface area contributed by atoms with Gasteiger partial charge < -0.3 is 10.1 Å². The van der Waals surface area contributed by atoms with E-state index in [0.717, 1.165) is 0 Å². The summed E-state index contributed by atoms with van der Waals surface area (Å²) in [6, 6.07) is 6.48. The standard InChI is InChI=1S/C11H13N3O4S/c1-2-18-10(15)7-12-11-8-5-3-4-6-9(8)19(16,17)14-13-11/h3-6H,2,7H2,1H3,(H,12,13)(H,14,16,17). The van der Waals surface area contributed by atoms with E-state index in [1.165, 1.54) is 6.07 Å². The maximum Gasteiger partial charge on any atom is 0.325 e. The number of esters is 1. The quantitative estimate of drug-likeness (QED) is 0.611. The van der Waals surface area contributed by atoms with Gasteiger partial charge in [-0.1, -0.05) is 16.7 Å². The van der Waals surface area contributed by atoms with Crippen LogP contribution in [0, 0.1) is 4.51 Å². The van der Waals surface area contributed by atoms with Gasteiger partial charge in [0.2, 0.25) is 9.99 Å². The van der Waals surface area contributed by atoms with E-state index in [4.69, 9.17) is 4.74 Å². The second-order valence-corrected chi connectivity index (χ2v) is 5.28. The summed E-state index contributed by atoms with van der Waals surface area (Å²) in [4.78, 5) is 11.2. The van der Waals surface area contributed by atoms with Crippen LogP contribution in [0.1, 0.15) is 6.92 Å². The van der Waals surface area contributed by atoms with Gasteiger partial charge in [-0.25, -0.2) is 4.21 Å². The van der Waals surface area contributed by atoms with Crippen LogP contribution in [0.5, 0.6) is 0 Å². The van der Waals surface area contributed by atoms with Gasteiger partial charge in [0.05, 0.1) is 11.1 Å². The summed E-state index contributed by atoms with van der Waals surface area (Å²) in [7, 11) is -3.49. The average Bonchev–Trinajstić information content (AvgIpc) is 2.38. The van der Waals surface area contributed by atoms with Crippen LogP contribution in [0.2, 0.25) is 0 Å². The molecule has 1 unspecified atom stereocenters. The van der Waals surface area contributed by atoms with E-state index in [0.29, 0.717) is 11.8 Å².